The molecule has 10 heteroatoms. The summed E-state index contributed by atoms with van der Waals surface area (Å²) in [6.45, 7) is 0.958. The Bertz CT molecular complexity index is 747. The van der Waals surface area contributed by atoms with E-state index in [1.165, 1.54) is 0 Å². The van der Waals surface area contributed by atoms with Gasteiger partial charge in [0.05, 0.1) is 22.5 Å². The molecular formula is C15H18ClF3N2O3S. The molecule has 1 heterocycles. The Hall–Kier alpha value is -1.48. The molecule has 0 aliphatic carbocycles. The van der Waals surface area contributed by atoms with Crippen molar-refractivity contribution < 1.29 is 26.4 Å². The minimum absolute atomic E-state index is 0.125. The van der Waals surface area contributed by atoms with E-state index in [0.717, 1.165) is 35.5 Å². The molecular weight excluding hydrogens is 381 g/mol. The number of sulfonamides is 1. The van der Waals surface area contributed by atoms with Crippen LogP contribution in [0.25, 0.3) is 0 Å². The predicted octanol–water partition coefficient (Wildman–Crippen LogP) is 3.14. The first kappa shape index (κ1) is 19.8. The lowest BCUT2D eigenvalue weighted by Gasteiger charge is -2.25. The zero-order chi connectivity index (χ0) is 18.8. The number of alkyl halides is 3. The van der Waals surface area contributed by atoms with Gasteiger partial charge in [0.25, 0.3) is 0 Å². The zero-order valence-corrected chi connectivity index (χ0v) is 15.1. The van der Waals surface area contributed by atoms with E-state index in [1.807, 2.05) is 0 Å². The SMILES string of the molecule is CS(=O)(=O)N(CCC(=O)N1CCCC1)c1cc(C(F)(F)F)ccc1Cl. The molecule has 1 fully saturated rings. The van der Waals surface area contributed by atoms with Crippen molar-refractivity contribution in [3.8, 4) is 0 Å². The summed E-state index contributed by atoms with van der Waals surface area (Å²) in [6, 6.07) is 2.46. The van der Waals surface area contributed by atoms with Crippen molar-refractivity contribution in [2.24, 2.45) is 0 Å². The van der Waals surface area contributed by atoms with E-state index in [0.29, 0.717) is 19.2 Å². The molecule has 1 aliphatic rings. The number of halogens is 4. The molecule has 0 radical (unpaired) electrons. The van der Waals surface area contributed by atoms with Gasteiger partial charge in [-0.15, -0.1) is 0 Å². The van der Waals surface area contributed by atoms with E-state index >= 15 is 0 Å². The highest BCUT2D eigenvalue weighted by atomic mass is 35.5. The molecule has 0 aromatic heterocycles. The van der Waals surface area contributed by atoms with E-state index in [1.54, 1.807) is 4.90 Å². The van der Waals surface area contributed by atoms with Crippen LogP contribution in [-0.2, 0) is 21.0 Å². The van der Waals surface area contributed by atoms with E-state index in [-0.39, 0.29) is 29.6 Å². The number of benzene rings is 1. The van der Waals surface area contributed by atoms with E-state index in [4.69, 9.17) is 11.6 Å². The fourth-order valence-electron chi connectivity index (χ4n) is 2.67. The summed E-state index contributed by atoms with van der Waals surface area (Å²) in [7, 11) is -3.91. The fourth-order valence-corrected chi connectivity index (χ4v) is 3.87. The van der Waals surface area contributed by atoms with Gasteiger partial charge in [-0.05, 0) is 31.0 Å². The zero-order valence-electron chi connectivity index (χ0n) is 13.5. The van der Waals surface area contributed by atoms with Crippen LogP contribution in [0.1, 0.15) is 24.8 Å². The third-order valence-corrected chi connectivity index (χ3v) is 5.43. The van der Waals surface area contributed by atoms with Gasteiger partial charge < -0.3 is 4.90 Å². The van der Waals surface area contributed by atoms with Crippen molar-refractivity contribution in [2.75, 3.05) is 30.2 Å². The summed E-state index contributed by atoms with van der Waals surface area (Å²) in [5.74, 6) is -0.228. The monoisotopic (exact) mass is 398 g/mol. The summed E-state index contributed by atoms with van der Waals surface area (Å²) < 4.78 is 63.5. The maximum atomic E-state index is 12.9. The van der Waals surface area contributed by atoms with Gasteiger partial charge in [0.15, 0.2) is 0 Å². The summed E-state index contributed by atoms with van der Waals surface area (Å²) >= 11 is 5.92. The topological polar surface area (TPSA) is 57.7 Å². The first-order chi connectivity index (χ1) is 11.5. The standard InChI is InChI=1S/C15H18ClF3N2O3S/c1-25(23,24)21(9-6-14(22)20-7-2-3-8-20)13-10-11(15(17,18)19)4-5-12(13)16/h4-5,10H,2-3,6-9H2,1H3. The third kappa shape index (κ3) is 5.01. The van der Waals surface area contributed by atoms with Gasteiger partial charge in [0.1, 0.15) is 0 Å². The summed E-state index contributed by atoms with van der Waals surface area (Å²) in [5, 5.41) is -0.132. The number of anilines is 1. The Kier molecular flexibility index (Phi) is 5.88. The van der Waals surface area contributed by atoms with Crippen molar-refractivity contribution in [2.45, 2.75) is 25.4 Å². The maximum Gasteiger partial charge on any atom is 0.416 e. The van der Waals surface area contributed by atoms with E-state index in [2.05, 4.69) is 0 Å². The Morgan fingerprint density at radius 2 is 1.88 bits per heavy atom. The Morgan fingerprint density at radius 1 is 1.28 bits per heavy atom. The van der Waals surface area contributed by atoms with Crippen LogP contribution in [0.2, 0.25) is 5.02 Å². The first-order valence-electron chi connectivity index (χ1n) is 7.62. The lowest BCUT2D eigenvalue weighted by Crippen LogP contribution is -2.36. The second-order valence-corrected chi connectivity index (χ2v) is 8.15. The van der Waals surface area contributed by atoms with Gasteiger partial charge in [0, 0.05) is 26.1 Å². The molecule has 1 amide bonds. The highest BCUT2D eigenvalue weighted by Gasteiger charge is 2.32. The van der Waals surface area contributed by atoms with Crippen LogP contribution in [0.15, 0.2) is 18.2 Å². The van der Waals surface area contributed by atoms with Gasteiger partial charge in [-0.2, -0.15) is 13.2 Å². The number of rotatable bonds is 5. The molecule has 0 spiro atoms. The van der Waals surface area contributed by atoms with E-state index < -0.39 is 21.8 Å². The van der Waals surface area contributed by atoms with Crippen LogP contribution in [0.3, 0.4) is 0 Å². The van der Waals surface area contributed by atoms with Crippen molar-refractivity contribution in [3.63, 3.8) is 0 Å². The fraction of sp³-hybridized carbons (Fsp3) is 0.533. The molecule has 0 bridgehead atoms. The molecule has 25 heavy (non-hydrogen) atoms. The second-order valence-electron chi connectivity index (χ2n) is 5.84. The van der Waals surface area contributed by atoms with Crippen molar-refractivity contribution >= 4 is 33.2 Å². The van der Waals surface area contributed by atoms with Crippen LogP contribution < -0.4 is 4.31 Å². The summed E-state index contributed by atoms with van der Waals surface area (Å²) in [6.07, 6.45) is -2.11. The molecule has 140 valence electrons. The lowest BCUT2D eigenvalue weighted by molar-refractivity contribution is -0.137. The van der Waals surface area contributed by atoms with Gasteiger partial charge in [-0.1, -0.05) is 11.6 Å². The van der Waals surface area contributed by atoms with Gasteiger partial charge in [-0.25, -0.2) is 8.42 Å². The van der Waals surface area contributed by atoms with Gasteiger partial charge in [-0.3, -0.25) is 9.10 Å². The van der Waals surface area contributed by atoms with Crippen LogP contribution in [0.4, 0.5) is 18.9 Å². The van der Waals surface area contributed by atoms with Crippen molar-refractivity contribution in [1.82, 2.24) is 4.90 Å². The highest BCUT2D eigenvalue weighted by molar-refractivity contribution is 7.92. The van der Waals surface area contributed by atoms with Crippen molar-refractivity contribution in [1.29, 1.82) is 0 Å². The molecule has 5 nitrogen and oxygen atoms in total. The number of hydrogen-bond donors (Lipinski definition) is 0. The number of carbonyl (C=O) groups is 1. The number of likely N-dealkylation sites (tertiary alicyclic amines) is 1. The highest BCUT2D eigenvalue weighted by Crippen LogP contribution is 2.36. The molecule has 1 saturated heterocycles. The smallest absolute Gasteiger partial charge is 0.343 e. The van der Waals surface area contributed by atoms with Gasteiger partial charge in [0.2, 0.25) is 15.9 Å². The predicted molar refractivity (Wildman–Crippen MR) is 89.1 cm³/mol. The maximum absolute atomic E-state index is 12.9. The minimum atomic E-state index is -4.63. The molecule has 2 rings (SSSR count). The molecule has 0 N–H and O–H groups in total. The van der Waals surface area contributed by atoms with Crippen LogP contribution >= 0.6 is 11.6 Å². The Morgan fingerprint density at radius 3 is 2.40 bits per heavy atom. The third-order valence-electron chi connectivity index (χ3n) is 3.93. The normalized spacial score (nSPS) is 15.5. The minimum Gasteiger partial charge on any atom is -0.343 e. The lowest BCUT2D eigenvalue weighted by atomic mass is 10.2. The molecule has 1 aromatic carbocycles. The Balaban J connectivity index is 2.27. The largest absolute Gasteiger partial charge is 0.416 e. The average molecular weight is 399 g/mol. The Labute approximate surface area is 149 Å². The van der Waals surface area contributed by atoms with Crippen LogP contribution in [0, 0.1) is 0 Å². The second kappa shape index (κ2) is 7.41. The van der Waals surface area contributed by atoms with Gasteiger partial charge >= 0.3 is 6.18 Å². The number of hydrogen-bond acceptors (Lipinski definition) is 3. The van der Waals surface area contributed by atoms with Crippen molar-refractivity contribution in [3.05, 3.63) is 28.8 Å². The van der Waals surface area contributed by atoms with E-state index in [9.17, 15) is 26.4 Å². The van der Waals surface area contributed by atoms with Crippen LogP contribution in [0.5, 0.6) is 0 Å². The number of amides is 1. The molecule has 1 aliphatic heterocycles. The average Bonchev–Trinajstić information content (AvgIpc) is 3.00. The molecule has 0 atom stereocenters. The summed E-state index contributed by atoms with van der Waals surface area (Å²) in [5.41, 5.74) is -1.29. The number of nitrogens with zero attached hydrogens (tertiary/aromatic N) is 2. The number of carbonyl (C=O) groups excluding carboxylic acids is 1. The quantitative estimate of drug-likeness (QED) is 0.765. The molecule has 1 aromatic rings. The molecule has 0 unspecified atom stereocenters. The first-order valence-corrected chi connectivity index (χ1v) is 9.85. The summed E-state index contributed by atoms with van der Waals surface area (Å²) in [4.78, 5) is 13.7. The molecule has 0 saturated carbocycles. The van der Waals surface area contributed by atoms with Crippen LogP contribution in [-0.4, -0.2) is 45.1 Å².